The van der Waals surface area contributed by atoms with Gasteiger partial charge in [0.15, 0.2) is 0 Å². The van der Waals surface area contributed by atoms with Gasteiger partial charge in [-0.05, 0) is 32.0 Å². The number of amides is 1. The van der Waals surface area contributed by atoms with Crippen molar-refractivity contribution >= 4 is 28.6 Å². The molecule has 1 aromatic carbocycles. The maximum Gasteiger partial charge on any atom is 0.282 e. The molecule has 2 aromatic rings. The van der Waals surface area contributed by atoms with E-state index in [0.717, 1.165) is 9.75 Å². The fourth-order valence-electron chi connectivity index (χ4n) is 1.70. The fourth-order valence-corrected chi connectivity index (χ4v) is 2.52. The molecule has 1 heterocycles. The quantitative estimate of drug-likeness (QED) is 0.535. The highest BCUT2D eigenvalue weighted by Gasteiger charge is 2.18. The van der Waals surface area contributed by atoms with E-state index in [1.807, 2.05) is 19.1 Å². The van der Waals surface area contributed by atoms with Gasteiger partial charge < -0.3 is 0 Å². The van der Waals surface area contributed by atoms with E-state index in [9.17, 15) is 14.9 Å². The lowest BCUT2D eigenvalue weighted by molar-refractivity contribution is -0.385. The molecule has 0 aliphatic rings. The van der Waals surface area contributed by atoms with Crippen molar-refractivity contribution in [3.63, 3.8) is 0 Å². The molecule has 0 bridgehead atoms. The predicted molar refractivity (Wildman–Crippen MR) is 81.8 cm³/mol. The van der Waals surface area contributed by atoms with Crippen LogP contribution in [0.15, 0.2) is 41.5 Å². The maximum atomic E-state index is 12.0. The van der Waals surface area contributed by atoms with Gasteiger partial charge in [-0.2, -0.15) is 5.10 Å². The van der Waals surface area contributed by atoms with E-state index in [0.29, 0.717) is 5.71 Å². The Morgan fingerprint density at radius 3 is 2.62 bits per heavy atom. The summed E-state index contributed by atoms with van der Waals surface area (Å²) in [5.41, 5.74) is 2.75. The Morgan fingerprint density at radius 2 is 2.00 bits per heavy atom. The molecule has 108 valence electrons. The lowest BCUT2D eigenvalue weighted by Gasteiger charge is -2.02. The number of rotatable bonds is 4. The lowest BCUT2D eigenvalue weighted by Crippen LogP contribution is -2.20. The van der Waals surface area contributed by atoms with Gasteiger partial charge in [-0.25, -0.2) is 5.43 Å². The van der Waals surface area contributed by atoms with Crippen LogP contribution in [-0.2, 0) is 0 Å². The van der Waals surface area contributed by atoms with E-state index in [-0.39, 0.29) is 11.3 Å². The van der Waals surface area contributed by atoms with Crippen LogP contribution in [0.25, 0.3) is 0 Å². The minimum absolute atomic E-state index is 0.0126. The van der Waals surface area contributed by atoms with E-state index in [4.69, 9.17) is 0 Å². The fraction of sp³-hybridized carbons (Fsp3) is 0.143. The average Bonchev–Trinajstić information content (AvgIpc) is 2.91. The molecule has 0 unspecified atom stereocenters. The normalized spacial score (nSPS) is 11.2. The molecule has 1 aromatic heterocycles. The number of hydrazone groups is 1. The number of carbonyl (C=O) groups is 1. The van der Waals surface area contributed by atoms with Crippen LogP contribution in [0.2, 0.25) is 0 Å². The van der Waals surface area contributed by atoms with Gasteiger partial charge >= 0.3 is 0 Å². The number of para-hydroxylation sites is 1. The van der Waals surface area contributed by atoms with Crippen molar-refractivity contribution < 1.29 is 9.72 Å². The third kappa shape index (κ3) is 3.51. The second-order valence-electron chi connectivity index (χ2n) is 4.32. The zero-order valence-electron chi connectivity index (χ0n) is 11.5. The Morgan fingerprint density at radius 1 is 1.29 bits per heavy atom. The number of benzene rings is 1. The van der Waals surface area contributed by atoms with E-state index in [2.05, 4.69) is 10.5 Å². The first kappa shape index (κ1) is 14.9. The predicted octanol–water partition coefficient (Wildman–Crippen LogP) is 3.12. The van der Waals surface area contributed by atoms with Crippen molar-refractivity contribution in [2.24, 2.45) is 5.10 Å². The molecule has 2 rings (SSSR count). The molecule has 0 spiro atoms. The summed E-state index contributed by atoms with van der Waals surface area (Å²) in [7, 11) is 0. The first-order valence-corrected chi connectivity index (χ1v) is 6.95. The molecule has 0 saturated heterocycles. The summed E-state index contributed by atoms with van der Waals surface area (Å²) in [5.74, 6) is -0.602. The number of hydrogen-bond donors (Lipinski definition) is 1. The Balaban J connectivity index is 2.17. The third-order valence-electron chi connectivity index (χ3n) is 2.77. The van der Waals surface area contributed by atoms with Crippen molar-refractivity contribution in [1.29, 1.82) is 0 Å². The molecule has 7 heteroatoms. The largest absolute Gasteiger partial charge is 0.282 e. The number of nitro groups is 1. The van der Waals surface area contributed by atoms with Gasteiger partial charge in [0.25, 0.3) is 11.6 Å². The highest BCUT2D eigenvalue weighted by Crippen LogP contribution is 2.18. The second-order valence-corrected chi connectivity index (χ2v) is 5.61. The first-order valence-electron chi connectivity index (χ1n) is 6.14. The first-order chi connectivity index (χ1) is 9.99. The molecular weight excluding hydrogens is 290 g/mol. The summed E-state index contributed by atoms with van der Waals surface area (Å²) in [6.07, 6.45) is 0. The number of nitro benzene ring substituents is 1. The molecule has 1 amide bonds. The van der Waals surface area contributed by atoms with Gasteiger partial charge in [0.1, 0.15) is 5.56 Å². The molecular formula is C14H13N3O3S. The second kappa shape index (κ2) is 6.27. The molecule has 1 N–H and O–H groups in total. The Hall–Kier alpha value is -2.54. The lowest BCUT2D eigenvalue weighted by atomic mass is 10.2. The van der Waals surface area contributed by atoms with Crippen LogP contribution in [0.3, 0.4) is 0 Å². The summed E-state index contributed by atoms with van der Waals surface area (Å²) in [5, 5.41) is 14.9. The standard InChI is InChI=1S/C14H13N3O3S/c1-9-7-8-13(21-9)10(2)15-16-14(18)11-5-3-4-6-12(11)17(19)20/h3-8H,1-2H3,(H,16,18). The topological polar surface area (TPSA) is 84.6 Å². The van der Waals surface area contributed by atoms with Gasteiger partial charge in [0.05, 0.1) is 15.5 Å². The third-order valence-corrected chi connectivity index (χ3v) is 3.88. The van der Waals surface area contributed by atoms with E-state index >= 15 is 0 Å². The van der Waals surface area contributed by atoms with Crippen molar-refractivity contribution in [3.05, 3.63) is 61.8 Å². The molecule has 0 saturated carbocycles. The van der Waals surface area contributed by atoms with Gasteiger partial charge in [0, 0.05) is 10.9 Å². The van der Waals surface area contributed by atoms with Crippen LogP contribution in [0, 0.1) is 17.0 Å². The van der Waals surface area contributed by atoms with Crippen LogP contribution in [-0.4, -0.2) is 16.5 Å². The number of thiophene rings is 1. The zero-order valence-corrected chi connectivity index (χ0v) is 12.3. The SMILES string of the molecule is CC(=NNC(=O)c1ccccc1[N+](=O)[O-])c1ccc(C)s1. The van der Waals surface area contributed by atoms with Gasteiger partial charge in [0.2, 0.25) is 0 Å². The van der Waals surface area contributed by atoms with Crippen LogP contribution in [0.5, 0.6) is 0 Å². The number of nitrogens with one attached hydrogen (secondary N) is 1. The molecule has 0 fully saturated rings. The van der Waals surface area contributed by atoms with E-state index in [1.165, 1.54) is 18.2 Å². The van der Waals surface area contributed by atoms with Crippen LogP contribution in [0.4, 0.5) is 5.69 Å². The minimum Gasteiger partial charge on any atom is -0.267 e. The van der Waals surface area contributed by atoms with Crippen LogP contribution < -0.4 is 5.43 Å². The summed E-state index contributed by atoms with van der Waals surface area (Å²) < 4.78 is 0. The summed E-state index contributed by atoms with van der Waals surface area (Å²) >= 11 is 1.56. The Kier molecular flexibility index (Phi) is 4.44. The molecule has 0 aliphatic carbocycles. The summed E-state index contributed by atoms with van der Waals surface area (Å²) in [6.45, 7) is 3.75. The van der Waals surface area contributed by atoms with Crippen molar-refractivity contribution in [2.45, 2.75) is 13.8 Å². The van der Waals surface area contributed by atoms with Crippen LogP contribution in [0.1, 0.15) is 27.0 Å². The van der Waals surface area contributed by atoms with Gasteiger partial charge in [-0.1, -0.05) is 12.1 Å². The Bertz CT molecular complexity index is 722. The molecule has 6 nitrogen and oxygen atoms in total. The van der Waals surface area contributed by atoms with Crippen molar-refractivity contribution in [3.8, 4) is 0 Å². The summed E-state index contributed by atoms with van der Waals surface area (Å²) in [6, 6.07) is 9.64. The van der Waals surface area contributed by atoms with Crippen molar-refractivity contribution in [1.82, 2.24) is 5.43 Å². The number of carbonyl (C=O) groups excluding carboxylic acids is 1. The molecule has 0 aliphatic heterocycles. The van der Waals surface area contributed by atoms with Crippen LogP contribution >= 0.6 is 11.3 Å². The molecule has 21 heavy (non-hydrogen) atoms. The highest BCUT2D eigenvalue weighted by molar-refractivity contribution is 7.14. The average molecular weight is 303 g/mol. The Labute approximate surface area is 125 Å². The number of hydrogen-bond acceptors (Lipinski definition) is 5. The van der Waals surface area contributed by atoms with Gasteiger partial charge in [-0.15, -0.1) is 11.3 Å². The number of nitrogens with zero attached hydrogens (tertiary/aromatic N) is 2. The minimum atomic E-state index is -0.602. The van der Waals surface area contributed by atoms with E-state index < -0.39 is 10.8 Å². The number of aryl methyl sites for hydroxylation is 1. The molecule has 0 radical (unpaired) electrons. The molecule has 0 atom stereocenters. The maximum absolute atomic E-state index is 12.0. The highest BCUT2D eigenvalue weighted by atomic mass is 32.1. The van der Waals surface area contributed by atoms with Gasteiger partial charge in [-0.3, -0.25) is 14.9 Å². The van der Waals surface area contributed by atoms with E-state index in [1.54, 1.807) is 24.3 Å². The zero-order chi connectivity index (χ0) is 15.4. The van der Waals surface area contributed by atoms with Crippen molar-refractivity contribution in [2.75, 3.05) is 0 Å². The summed E-state index contributed by atoms with van der Waals surface area (Å²) in [4.78, 5) is 24.4. The smallest absolute Gasteiger partial charge is 0.267 e. The monoisotopic (exact) mass is 303 g/mol.